The molecule has 2 N–H and O–H groups in total. The normalized spacial score (nSPS) is 15.0. The Kier molecular flexibility index (Phi) is 6.51. The predicted octanol–water partition coefficient (Wildman–Crippen LogP) is 6.34. The van der Waals surface area contributed by atoms with E-state index in [-0.39, 0.29) is 18.2 Å². The molecule has 0 radical (unpaired) electrons. The molecule has 1 amide bonds. The van der Waals surface area contributed by atoms with Crippen LogP contribution in [0.2, 0.25) is 5.02 Å². The molecule has 0 fully saturated rings. The molecule has 4 aromatic rings. The lowest BCUT2D eigenvalue weighted by Gasteiger charge is -2.26. The maximum atomic E-state index is 13.5. The third-order valence-corrected chi connectivity index (χ3v) is 6.41. The van der Waals surface area contributed by atoms with E-state index >= 15 is 0 Å². The first kappa shape index (κ1) is 23.1. The number of phenols is 1. The standard InChI is InChI=1S/C27H26ClN3O4/c1-2-3-4-12-34-19-8-5-7-17(14-19)26-23-24(21-15-18(28)10-11-22(21)32)29-30-25(23)27(33)31(26)16-20-9-6-13-35-20/h5-11,13-15,26,32H,2-4,12,16H2,1H3,(H,29,30). The Hall–Kier alpha value is -3.71. The van der Waals surface area contributed by atoms with E-state index in [1.54, 1.807) is 29.4 Å². The molecule has 2 aromatic carbocycles. The summed E-state index contributed by atoms with van der Waals surface area (Å²) in [4.78, 5) is 15.3. The maximum Gasteiger partial charge on any atom is 0.273 e. The molecule has 0 bridgehead atoms. The number of benzene rings is 2. The molecule has 0 saturated carbocycles. The van der Waals surface area contributed by atoms with Crippen LogP contribution in [0.5, 0.6) is 11.5 Å². The zero-order valence-electron chi connectivity index (χ0n) is 19.3. The Morgan fingerprint density at radius 2 is 2.06 bits per heavy atom. The van der Waals surface area contributed by atoms with E-state index in [1.807, 2.05) is 30.3 Å². The molecular weight excluding hydrogens is 466 g/mol. The van der Waals surface area contributed by atoms with Crippen LogP contribution in [0, 0.1) is 0 Å². The van der Waals surface area contributed by atoms with Crippen molar-refractivity contribution in [3.63, 3.8) is 0 Å². The number of phenolic OH excluding ortho intramolecular Hbond substituents is 1. The number of carbonyl (C=O) groups is 1. The highest BCUT2D eigenvalue weighted by Crippen LogP contribution is 2.46. The maximum absolute atomic E-state index is 13.5. The highest BCUT2D eigenvalue weighted by molar-refractivity contribution is 6.31. The molecule has 0 aliphatic carbocycles. The van der Waals surface area contributed by atoms with E-state index in [4.69, 9.17) is 20.8 Å². The molecule has 1 aliphatic heterocycles. The fourth-order valence-electron chi connectivity index (χ4n) is 4.50. The predicted molar refractivity (Wildman–Crippen MR) is 133 cm³/mol. The van der Waals surface area contributed by atoms with E-state index in [9.17, 15) is 9.90 Å². The number of fused-ring (bicyclic) bond motifs is 1. The number of nitrogens with zero attached hydrogens (tertiary/aromatic N) is 2. The van der Waals surface area contributed by atoms with Crippen LogP contribution in [0.1, 0.15) is 59.6 Å². The minimum absolute atomic E-state index is 0.0346. The van der Waals surface area contributed by atoms with Crippen LogP contribution in [-0.2, 0) is 6.54 Å². The largest absolute Gasteiger partial charge is 0.507 e. The van der Waals surface area contributed by atoms with Gasteiger partial charge in [-0.2, -0.15) is 5.10 Å². The van der Waals surface area contributed by atoms with Crippen molar-refractivity contribution in [2.45, 2.75) is 38.8 Å². The van der Waals surface area contributed by atoms with Crippen LogP contribution < -0.4 is 4.74 Å². The zero-order valence-corrected chi connectivity index (χ0v) is 20.1. The number of amides is 1. The fraction of sp³-hybridized carbons (Fsp3) is 0.259. The molecule has 35 heavy (non-hydrogen) atoms. The van der Waals surface area contributed by atoms with Crippen LogP contribution in [0.4, 0.5) is 0 Å². The van der Waals surface area contributed by atoms with Gasteiger partial charge in [0.15, 0.2) is 0 Å². The van der Waals surface area contributed by atoms with Gasteiger partial charge in [-0.15, -0.1) is 0 Å². The van der Waals surface area contributed by atoms with Crippen LogP contribution in [0.25, 0.3) is 11.3 Å². The molecule has 5 rings (SSSR count). The molecule has 1 aliphatic rings. The number of H-pyrrole nitrogens is 1. The van der Waals surface area contributed by atoms with Gasteiger partial charge < -0.3 is 19.2 Å². The second kappa shape index (κ2) is 9.88. The number of ether oxygens (including phenoxy) is 1. The smallest absolute Gasteiger partial charge is 0.273 e. The number of furan rings is 1. The molecule has 3 heterocycles. The second-order valence-corrected chi connectivity index (χ2v) is 9.00. The van der Waals surface area contributed by atoms with Crippen molar-refractivity contribution in [2.75, 3.05) is 6.61 Å². The van der Waals surface area contributed by atoms with E-state index in [1.165, 1.54) is 6.07 Å². The quantitative estimate of drug-likeness (QED) is 0.266. The number of nitrogens with one attached hydrogen (secondary N) is 1. The van der Waals surface area contributed by atoms with Gasteiger partial charge in [0.1, 0.15) is 28.6 Å². The summed E-state index contributed by atoms with van der Waals surface area (Å²) in [6, 6.07) is 15.7. The summed E-state index contributed by atoms with van der Waals surface area (Å²) in [5, 5.41) is 18.3. The van der Waals surface area contributed by atoms with Gasteiger partial charge >= 0.3 is 0 Å². The van der Waals surface area contributed by atoms with E-state index in [2.05, 4.69) is 17.1 Å². The van der Waals surface area contributed by atoms with Crippen molar-refractivity contribution in [3.05, 3.63) is 88.5 Å². The molecule has 1 unspecified atom stereocenters. The topological polar surface area (TPSA) is 91.6 Å². The highest BCUT2D eigenvalue weighted by Gasteiger charge is 2.43. The number of aromatic nitrogens is 2. The van der Waals surface area contributed by atoms with Crippen LogP contribution in [0.3, 0.4) is 0 Å². The third kappa shape index (κ3) is 4.51. The van der Waals surface area contributed by atoms with Gasteiger partial charge in [-0.1, -0.05) is 43.5 Å². The average molecular weight is 492 g/mol. The van der Waals surface area contributed by atoms with Crippen molar-refractivity contribution in [1.82, 2.24) is 15.1 Å². The van der Waals surface area contributed by atoms with E-state index < -0.39 is 6.04 Å². The Labute approximate surface area is 208 Å². The second-order valence-electron chi connectivity index (χ2n) is 8.57. The number of hydrogen-bond donors (Lipinski definition) is 2. The number of unbranched alkanes of at least 4 members (excludes halogenated alkanes) is 2. The Bertz CT molecular complexity index is 1330. The Morgan fingerprint density at radius 3 is 2.86 bits per heavy atom. The van der Waals surface area contributed by atoms with Gasteiger partial charge in [0.05, 0.1) is 25.5 Å². The average Bonchev–Trinajstić information content (AvgIpc) is 3.58. The monoisotopic (exact) mass is 491 g/mol. The zero-order chi connectivity index (χ0) is 24.4. The number of hydrogen-bond acceptors (Lipinski definition) is 5. The van der Waals surface area contributed by atoms with Gasteiger partial charge in [-0.05, 0) is 54.4 Å². The summed E-state index contributed by atoms with van der Waals surface area (Å²) in [5.74, 6) is 1.25. The molecule has 0 spiro atoms. The first-order chi connectivity index (χ1) is 17.1. The van der Waals surface area contributed by atoms with Gasteiger partial charge in [0, 0.05) is 16.1 Å². The first-order valence-electron chi connectivity index (χ1n) is 11.7. The van der Waals surface area contributed by atoms with Crippen molar-refractivity contribution in [3.8, 4) is 22.8 Å². The minimum Gasteiger partial charge on any atom is -0.507 e. The number of aromatic amines is 1. The molecule has 8 heteroatoms. The highest BCUT2D eigenvalue weighted by atomic mass is 35.5. The van der Waals surface area contributed by atoms with Crippen LogP contribution in [-0.4, -0.2) is 32.7 Å². The van der Waals surface area contributed by atoms with E-state index in [0.717, 1.165) is 30.6 Å². The molecule has 180 valence electrons. The molecular formula is C27H26ClN3O4. The third-order valence-electron chi connectivity index (χ3n) is 6.17. The van der Waals surface area contributed by atoms with Crippen molar-refractivity contribution in [2.24, 2.45) is 0 Å². The summed E-state index contributed by atoms with van der Waals surface area (Å²) in [7, 11) is 0. The van der Waals surface area contributed by atoms with Crippen molar-refractivity contribution in [1.29, 1.82) is 0 Å². The number of aromatic hydroxyl groups is 1. The van der Waals surface area contributed by atoms with Crippen molar-refractivity contribution >= 4 is 17.5 Å². The molecule has 1 atom stereocenters. The lowest BCUT2D eigenvalue weighted by atomic mass is 9.95. The Balaban J connectivity index is 1.58. The lowest BCUT2D eigenvalue weighted by Crippen LogP contribution is -2.29. The van der Waals surface area contributed by atoms with Gasteiger partial charge in [-0.25, -0.2) is 0 Å². The first-order valence-corrected chi connectivity index (χ1v) is 12.1. The molecule has 2 aromatic heterocycles. The minimum atomic E-state index is -0.464. The van der Waals surface area contributed by atoms with Gasteiger partial charge in [0.2, 0.25) is 0 Å². The lowest BCUT2D eigenvalue weighted by molar-refractivity contribution is 0.0716. The van der Waals surface area contributed by atoms with E-state index in [0.29, 0.717) is 39.9 Å². The number of rotatable bonds is 9. The van der Waals surface area contributed by atoms with Gasteiger partial charge in [0.25, 0.3) is 5.91 Å². The summed E-state index contributed by atoms with van der Waals surface area (Å²) in [6.07, 6.45) is 4.81. The summed E-state index contributed by atoms with van der Waals surface area (Å²) in [6.45, 7) is 3.07. The number of carbonyl (C=O) groups excluding carboxylic acids is 1. The summed E-state index contributed by atoms with van der Waals surface area (Å²) < 4.78 is 11.5. The molecule has 0 saturated heterocycles. The molecule has 7 nitrogen and oxygen atoms in total. The van der Waals surface area contributed by atoms with Crippen LogP contribution >= 0.6 is 11.6 Å². The SMILES string of the molecule is CCCCCOc1cccc(C2c3c(-c4cc(Cl)ccc4O)n[nH]c3C(=O)N2Cc2ccco2)c1. The van der Waals surface area contributed by atoms with Gasteiger partial charge in [-0.3, -0.25) is 9.89 Å². The Morgan fingerprint density at radius 1 is 1.17 bits per heavy atom. The van der Waals surface area contributed by atoms with Crippen LogP contribution in [0.15, 0.2) is 65.3 Å². The number of halogens is 1. The summed E-state index contributed by atoms with van der Waals surface area (Å²) >= 11 is 6.23. The summed E-state index contributed by atoms with van der Waals surface area (Å²) in [5.41, 5.74) is 2.88. The fourth-order valence-corrected chi connectivity index (χ4v) is 4.67. The van der Waals surface area contributed by atoms with Crippen molar-refractivity contribution < 1.29 is 19.1 Å².